The highest BCUT2D eigenvalue weighted by Crippen LogP contribution is 2.53. The second-order valence-electron chi connectivity index (χ2n) is 2.13. The van der Waals surface area contributed by atoms with Gasteiger partial charge in [-0.15, -0.1) is 47.0 Å². The van der Waals surface area contributed by atoms with E-state index >= 15 is 0 Å². The second-order valence-corrected chi connectivity index (χ2v) is 5.40. The lowest BCUT2D eigenvalue weighted by atomic mass is 10.3. The minimum atomic E-state index is 1.49. The topological polar surface area (TPSA) is 0 Å². The first-order valence-electron chi connectivity index (χ1n) is 3.45. The summed E-state index contributed by atoms with van der Waals surface area (Å²) in [7, 11) is 0. The van der Waals surface area contributed by atoms with Crippen LogP contribution < -0.4 is 0 Å². The van der Waals surface area contributed by atoms with Crippen molar-refractivity contribution in [1.29, 1.82) is 0 Å². The van der Waals surface area contributed by atoms with E-state index in [1.165, 1.54) is 19.6 Å². The quantitative estimate of drug-likeness (QED) is 0.726. The third-order valence-corrected chi connectivity index (χ3v) is 5.42. The van der Waals surface area contributed by atoms with Gasteiger partial charge in [-0.25, -0.2) is 0 Å². The smallest absolute Gasteiger partial charge is 0.0365 e. The van der Waals surface area contributed by atoms with Crippen molar-refractivity contribution in [3.8, 4) is 0 Å². The molecule has 4 heteroatoms. The molecule has 0 aromatic rings. The lowest BCUT2D eigenvalue weighted by molar-refractivity contribution is 1.61. The SMILES string of the molecule is CSC1=C(SC)C(SC)=C1SC. The van der Waals surface area contributed by atoms with E-state index in [9.17, 15) is 0 Å². The average molecular weight is 236 g/mol. The van der Waals surface area contributed by atoms with Crippen LogP contribution in [0.4, 0.5) is 0 Å². The molecule has 0 N–H and O–H groups in total. The zero-order valence-corrected chi connectivity index (χ0v) is 10.9. The summed E-state index contributed by atoms with van der Waals surface area (Å²) in [4.78, 5) is 5.94. The van der Waals surface area contributed by atoms with Gasteiger partial charge in [0.1, 0.15) is 0 Å². The molecule has 0 heterocycles. The molecule has 0 amide bonds. The van der Waals surface area contributed by atoms with Crippen LogP contribution in [-0.4, -0.2) is 25.0 Å². The van der Waals surface area contributed by atoms with Crippen LogP contribution in [0.25, 0.3) is 0 Å². The molecule has 0 atom stereocenters. The van der Waals surface area contributed by atoms with Crippen LogP contribution in [0.5, 0.6) is 0 Å². The molecule has 0 nitrogen and oxygen atoms in total. The Kier molecular flexibility index (Phi) is 4.51. The molecule has 1 rings (SSSR count). The first kappa shape index (κ1) is 11.0. The molecule has 0 radical (unpaired) electrons. The van der Waals surface area contributed by atoms with Crippen molar-refractivity contribution < 1.29 is 0 Å². The molecular weight excluding hydrogens is 224 g/mol. The predicted molar refractivity (Wildman–Crippen MR) is 68.1 cm³/mol. The Bertz CT molecular complexity index is 178. The van der Waals surface area contributed by atoms with Gasteiger partial charge >= 0.3 is 0 Å². The molecule has 68 valence electrons. The van der Waals surface area contributed by atoms with Crippen molar-refractivity contribution in [1.82, 2.24) is 0 Å². The van der Waals surface area contributed by atoms with Crippen molar-refractivity contribution in [2.24, 2.45) is 0 Å². The summed E-state index contributed by atoms with van der Waals surface area (Å²) in [5, 5.41) is 0. The Morgan fingerprint density at radius 2 is 0.667 bits per heavy atom. The van der Waals surface area contributed by atoms with E-state index in [1.54, 1.807) is 0 Å². The summed E-state index contributed by atoms with van der Waals surface area (Å²) in [6.07, 6.45) is 8.61. The van der Waals surface area contributed by atoms with Crippen LogP contribution in [0, 0.1) is 0 Å². The lowest BCUT2D eigenvalue weighted by Gasteiger charge is -2.26. The van der Waals surface area contributed by atoms with Crippen molar-refractivity contribution in [3.63, 3.8) is 0 Å². The van der Waals surface area contributed by atoms with Crippen molar-refractivity contribution in [2.45, 2.75) is 0 Å². The van der Waals surface area contributed by atoms with Gasteiger partial charge in [-0.1, -0.05) is 0 Å². The summed E-state index contributed by atoms with van der Waals surface area (Å²) < 4.78 is 0. The van der Waals surface area contributed by atoms with E-state index < -0.39 is 0 Å². The minimum absolute atomic E-state index is 1.49. The third-order valence-electron chi connectivity index (χ3n) is 1.64. The van der Waals surface area contributed by atoms with Gasteiger partial charge in [0.05, 0.1) is 0 Å². The monoisotopic (exact) mass is 236 g/mol. The van der Waals surface area contributed by atoms with Crippen LogP contribution in [0.1, 0.15) is 0 Å². The molecule has 0 bridgehead atoms. The van der Waals surface area contributed by atoms with Gasteiger partial charge in [0, 0.05) is 19.6 Å². The van der Waals surface area contributed by atoms with Gasteiger partial charge in [0.25, 0.3) is 0 Å². The van der Waals surface area contributed by atoms with Crippen LogP contribution in [0.15, 0.2) is 19.6 Å². The minimum Gasteiger partial charge on any atom is -0.127 e. The standard InChI is InChI=1S/C8H12S4/c1-9-5-6(10-2)8(12-4)7(5)11-3/h1-4H3. The maximum Gasteiger partial charge on any atom is 0.0365 e. The largest absolute Gasteiger partial charge is 0.127 e. The fraction of sp³-hybridized carbons (Fsp3) is 0.500. The first-order chi connectivity index (χ1) is 5.79. The Morgan fingerprint density at radius 3 is 0.750 bits per heavy atom. The normalized spacial score (nSPS) is 17.0. The van der Waals surface area contributed by atoms with Crippen LogP contribution in [0.2, 0.25) is 0 Å². The number of hydrogen-bond donors (Lipinski definition) is 0. The number of hydrogen-bond acceptors (Lipinski definition) is 4. The highest BCUT2D eigenvalue weighted by atomic mass is 32.2. The summed E-state index contributed by atoms with van der Waals surface area (Å²) in [6, 6.07) is 0. The maximum absolute atomic E-state index is 2.15. The molecule has 0 fully saturated rings. The molecule has 0 saturated heterocycles. The summed E-state index contributed by atoms with van der Waals surface area (Å²) in [5.74, 6) is 0. The van der Waals surface area contributed by atoms with Crippen LogP contribution in [-0.2, 0) is 0 Å². The molecule has 1 aliphatic carbocycles. The molecule has 1 aliphatic rings. The van der Waals surface area contributed by atoms with E-state index in [1.807, 2.05) is 47.0 Å². The van der Waals surface area contributed by atoms with E-state index in [0.717, 1.165) is 0 Å². The van der Waals surface area contributed by atoms with E-state index in [0.29, 0.717) is 0 Å². The molecule has 0 aliphatic heterocycles. The van der Waals surface area contributed by atoms with Gasteiger partial charge < -0.3 is 0 Å². The van der Waals surface area contributed by atoms with Gasteiger partial charge in [-0.2, -0.15) is 0 Å². The summed E-state index contributed by atoms with van der Waals surface area (Å²) >= 11 is 7.45. The predicted octanol–water partition coefficient (Wildman–Crippen LogP) is 3.88. The van der Waals surface area contributed by atoms with E-state index in [-0.39, 0.29) is 0 Å². The lowest BCUT2D eigenvalue weighted by Crippen LogP contribution is -2.02. The van der Waals surface area contributed by atoms with Gasteiger partial charge in [-0.05, 0) is 25.0 Å². The Balaban J connectivity index is 2.83. The Hall–Kier alpha value is 0.880. The highest BCUT2D eigenvalue weighted by molar-refractivity contribution is 8.13. The Morgan fingerprint density at radius 1 is 0.500 bits per heavy atom. The molecule has 0 aromatic carbocycles. The third kappa shape index (κ3) is 1.72. The van der Waals surface area contributed by atoms with E-state index in [2.05, 4.69) is 25.0 Å². The fourth-order valence-electron chi connectivity index (χ4n) is 1.09. The van der Waals surface area contributed by atoms with Crippen LogP contribution in [0.3, 0.4) is 0 Å². The molecule has 12 heavy (non-hydrogen) atoms. The van der Waals surface area contributed by atoms with Gasteiger partial charge in [-0.3, -0.25) is 0 Å². The van der Waals surface area contributed by atoms with Gasteiger partial charge in [0.15, 0.2) is 0 Å². The zero-order valence-electron chi connectivity index (χ0n) is 7.63. The average Bonchev–Trinajstić information content (AvgIpc) is 2.05. The van der Waals surface area contributed by atoms with Gasteiger partial charge in [0.2, 0.25) is 0 Å². The molecule has 0 saturated carbocycles. The second kappa shape index (κ2) is 4.94. The molecular formula is C8H12S4. The van der Waals surface area contributed by atoms with Crippen molar-refractivity contribution >= 4 is 47.0 Å². The first-order valence-corrected chi connectivity index (χ1v) is 8.35. The maximum atomic E-state index is 2.15. The number of thioether (sulfide) groups is 4. The summed E-state index contributed by atoms with van der Waals surface area (Å²) in [6.45, 7) is 0. The van der Waals surface area contributed by atoms with Crippen LogP contribution >= 0.6 is 47.0 Å². The Labute approximate surface area is 91.4 Å². The molecule has 0 spiro atoms. The fourth-order valence-corrected chi connectivity index (χ4v) is 5.65. The molecule has 0 unspecified atom stereocenters. The molecule has 0 aromatic heterocycles. The van der Waals surface area contributed by atoms with Crippen molar-refractivity contribution in [2.75, 3.05) is 25.0 Å². The number of rotatable bonds is 4. The summed E-state index contributed by atoms with van der Waals surface area (Å²) in [5.41, 5.74) is 0. The van der Waals surface area contributed by atoms with Crippen molar-refractivity contribution in [3.05, 3.63) is 19.6 Å². The van der Waals surface area contributed by atoms with E-state index in [4.69, 9.17) is 0 Å². The zero-order chi connectivity index (χ0) is 9.14. The highest BCUT2D eigenvalue weighted by Gasteiger charge is 2.26.